The molecule has 0 unspecified atom stereocenters. The van der Waals surface area contributed by atoms with Gasteiger partial charge in [-0.2, -0.15) is 5.10 Å². The molecule has 0 aliphatic carbocycles. The molecule has 0 aromatic carbocycles. The van der Waals surface area contributed by atoms with E-state index < -0.39 is 4.92 Å². The Kier molecular flexibility index (Phi) is 6.13. The highest BCUT2D eigenvalue weighted by molar-refractivity contribution is 5.70. The summed E-state index contributed by atoms with van der Waals surface area (Å²) in [6.45, 7) is 4.35. The van der Waals surface area contributed by atoms with E-state index in [9.17, 15) is 14.9 Å². The Balaban J connectivity index is 2.95. The molecule has 0 aliphatic heterocycles. The number of aryl methyl sites for hydroxylation is 2. The van der Waals surface area contributed by atoms with Crippen LogP contribution < -0.4 is 4.90 Å². The number of carbonyl (C=O) groups is 1. The Hall–Kier alpha value is -2.12. The third kappa shape index (κ3) is 4.17. The third-order valence-corrected chi connectivity index (χ3v) is 3.05. The minimum atomic E-state index is -0.409. The largest absolute Gasteiger partial charge is 0.466 e. The van der Waals surface area contributed by atoms with Gasteiger partial charge in [0.25, 0.3) is 0 Å². The van der Waals surface area contributed by atoms with Crippen LogP contribution in [0.1, 0.15) is 32.4 Å². The van der Waals surface area contributed by atoms with E-state index in [1.54, 1.807) is 25.9 Å². The Labute approximate surface area is 123 Å². The molecule has 0 atom stereocenters. The fourth-order valence-corrected chi connectivity index (χ4v) is 2.18. The molecule has 8 nitrogen and oxygen atoms in total. The van der Waals surface area contributed by atoms with Crippen molar-refractivity contribution in [3.63, 3.8) is 0 Å². The fourth-order valence-electron chi connectivity index (χ4n) is 2.18. The Bertz CT molecular complexity index is 513. The number of hydrogen-bond donors (Lipinski definition) is 0. The molecule has 0 fully saturated rings. The molecule has 1 aromatic rings. The number of hydrogen-bond acceptors (Lipinski definition) is 6. The summed E-state index contributed by atoms with van der Waals surface area (Å²) in [5.41, 5.74) is 0.494. The molecule has 1 rings (SSSR count). The zero-order valence-electron chi connectivity index (χ0n) is 13.0. The molecule has 118 valence electrons. The van der Waals surface area contributed by atoms with Gasteiger partial charge in [-0.05, 0) is 13.3 Å². The topological polar surface area (TPSA) is 90.5 Å². The molecule has 0 aliphatic rings. The van der Waals surface area contributed by atoms with Gasteiger partial charge < -0.3 is 9.64 Å². The molecule has 0 amide bonds. The molecule has 21 heavy (non-hydrogen) atoms. The number of esters is 1. The van der Waals surface area contributed by atoms with Gasteiger partial charge in [0.2, 0.25) is 5.82 Å². The smallest absolute Gasteiger partial charge is 0.334 e. The van der Waals surface area contributed by atoms with E-state index in [4.69, 9.17) is 4.74 Å². The fraction of sp³-hybridized carbons (Fsp3) is 0.692. The van der Waals surface area contributed by atoms with Gasteiger partial charge in [-0.3, -0.25) is 14.9 Å². The molecule has 0 N–H and O–H groups in total. The van der Waals surface area contributed by atoms with Crippen LogP contribution >= 0.6 is 0 Å². The molecule has 1 aromatic heterocycles. The van der Waals surface area contributed by atoms with Crippen LogP contribution in [0.3, 0.4) is 0 Å². The molecule has 0 spiro atoms. The molecule has 0 radical (unpaired) electrons. The third-order valence-electron chi connectivity index (χ3n) is 3.05. The second-order valence-electron chi connectivity index (χ2n) is 4.73. The van der Waals surface area contributed by atoms with E-state index in [1.807, 2.05) is 6.92 Å². The maximum Gasteiger partial charge on any atom is 0.334 e. The zero-order chi connectivity index (χ0) is 16.0. The van der Waals surface area contributed by atoms with E-state index in [2.05, 4.69) is 5.10 Å². The minimum Gasteiger partial charge on any atom is -0.466 e. The van der Waals surface area contributed by atoms with Crippen LogP contribution in [0.2, 0.25) is 0 Å². The van der Waals surface area contributed by atoms with Crippen molar-refractivity contribution >= 4 is 17.5 Å². The number of nitro groups is 1. The zero-order valence-corrected chi connectivity index (χ0v) is 13.0. The van der Waals surface area contributed by atoms with Gasteiger partial charge in [0.1, 0.15) is 5.69 Å². The lowest BCUT2D eigenvalue weighted by atomic mass is 10.2. The Morgan fingerprint density at radius 1 is 1.48 bits per heavy atom. The highest BCUT2D eigenvalue weighted by atomic mass is 16.6. The lowest BCUT2D eigenvalue weighted by molar-refractivity contribution is -0.384. The van der Waals surface area contributed by atoms with Gasteiger partial charge in [-0.25, -0.2) is 4.68 Å². The van der Waals surface area contributed by atoms with E-state index in [0.29, 0.717) is 31.1 Å². The highest BCUT2D eigenvalue weighted by Crippen LogP contribution is 2.31. The summed E-state index contributed by atoms with van der Waals surface area (Å²) in [6.07, 6.45) is 1.51. The van der Waals surface area contributed by atoms with Crippen molar-refractivity contribution < 1.29 is 14.5 Å². The Morgan fingerprint density at radius 3 is 2.67 bits per heavy atom. The summed E-state index contributed by atoms with van der Waals surface area (Å²) in [5, 5.41) is 15.5. The molecule has 0 saturated heterocycles. The standard InChI is InChI=1S/C13H22N4O4/c1-5-7-10-12(17(19)20)13(16(4)14-10)15(3)9-8-11(18)21-6-2/h5-9H2,1-4H3. The van der Waals surface area contributed by atoms with E-state index in [0.717, 1.165) is 6.42 Å². The van der Waals surface area contributed by atoms with Crippen LogP contribution in [-0.4, -0.2) is 40.9 Å². The van der Waals surface area contributed by atoms with Crippen LogP contribution in [0.5, 0.6) is 0 Å². The summed E-state index contributed by atoms with van der Waals surface area (Å²) < 4.78 is 6.35. The lowest BCUT2D eigenvalue weighted by Crippen LogP contribution is -2.24. The van der Waals surface area contributed by atoms with E-state index in [1.165, 1.54) is 4.68 Å². The first-order chi connectivity index (χ1) is 9.92. The van der Waals surface area contributed by atoms with Crippen LogP contribution in [0.15, 0.2) is 0 Å². The molecular formula is C13H22N4O4. The van der Waals surface area contributed by atoms with Crippen LogP contribution in [-0.2, 0) is 23.0 Å². The van der Waals surface area contributed by atoms with Crippen molar-refractivity contribution in [3.05, 3.63) is 15.8 Å². The SMILES string of the molecule is CCCc1nn(C)c(N(C)CCC(=O)OCC)c1[N+](=O)[O-]. The van der Waals surface area contributed by atoms with Crippen LogP contribution in [0.25, 0.3) is 0 Å². The molecule has 8 heteroatoms. The predicted octanol–water partition coefficient (Wildman–Crippen LogP) is 1.67. The second-order valence-corrected chi connectivity index (χ2v) is 4.73. The number of carbonyl (C=O) groups excluding carboxylic acids is 1. The quantitative estimate of drug-likeness (QED) is 0.412. The van der Waals surface area contributed by atoms with Crippen molar-refractivity contribution in [1.82, 2.24) is 9.78 Å². The van der Waals surface area contributed by atoms with Crippen molar-refractivity contribution in [2.24, 2.45) is 7.05 Å². The molecular weight excluding hydrogens is 276 g/mol. The number of nitrogens with zero attached hydrogens (tertiary/aromatic N) is 4. The summed E-state index contributed by atoms with van der Waals surface area (Å²) in [6, 6.07) is 0. The van der Waals surface area contributed by atoms with Gasteiger partial charge in [0, 0.05) is 20.6 Å². The lowest BCUT2D eigenvalue weighted by Gasteiger charge is -2.17. The monoisotopic (exact) mass is 298 g/mol. The van der Waals surface area contributed by atoms with Gasteiger partial charge >= 0.3 is 11.7 Å². The van der Waals surface area contributed by atoms with Gasteiger partial charge in [0.05, 0.1) is 18.0 Å². The predicted molar refractivity (Wildman–Crippen MR) is 78.4 cm³/mol. The van der Waals surface area contributed by atoms with Crippen LogP contribution in [0.4, 0.5) is 11.5 Å². The van der Waals surface area contributed by atoms with Crippen molar-refractivity contribution in [2.45, 2.75) is 33.1 Å². The first-order valence-corrected chi connectivity index (χ1v) is 6.99. The molecule has 0 saturated carbocycles. The van der Waals surface area contributed by atoms with Gasteiger partial charge in [-0.15, -0.1) is 0 Å². The maximum atomic E-state index is 11.4. The maximum absolute atomic E-state index is 11.4. The van der Waals surface area contributed by atoms with Crippen molar-refractivity contribution in [3.8, 4) is 0 Å². The normalized spacial score (nSPS) is 10.5. The summed E-state index contributed by atoms with van der Waals surface area (Å²) in [4.78, 5) is 24.0. The Morgan fingerprint density at radius 2 is 2.14 bits per heavy atom. The average molecular weight is 298 g/mol. The number of anilines is 1. The first kappa shape index (κ1) is 16.9. The molecule has 0 bridgehead atoms. The molecule has 1 heterocycles. The van der Waals surface area contributed by atoms with E-state index >= 15 is 0 Å². The number of rotatable bonds is 8. The second kappa shape index (κ2) is 7.61. The van der Waals surface area contributed by atoms with E-state index in [-0.39, 0.29) is 18.1 Å². The summed E-state index contributed by atoms with van der Waals surface area (Å²) >= 11 is 0. The average Bonchev–Trinajstić information content (AvgIpc) is 2.73. The first-order valence-electron chi connectivity index (χ1n) is 6.99. The number of aromatic nitrogens is 2. The summed E-state index contributed by atoms with van der Waals surface area (Å²) in [5.74, 6) is 0.0932. The van der Waals surface area contributed by atoms with Crippen molar-refractivity contribution in [2.75, 3.05) is 25.1 Å². The van der Waals surface area contributed by atoms with Gasteiger partial charge in [0.15, 0.2) is 0 Å². The number of ether oxygens (including phenoxy) is 1. The summed E-state index contributed by atoms with van der Waals surface area (Å²) in [7, 11) is 3.38. The van der Waals surface area contributed by atoms with Crippen molar-refractivity contribution in [1.29, 1.82) is 0 Å². The van der Waals surface area contributed by atoms with Crippen LogP contribution in [0, 0.1) is 10.1 Å². The minimum absolute atomic E-state index is 0.0192. The van der Waals surface area contributed by atoms with Gasteiger partial charge in [-0.1, -0.05) is 13.3 Å². The highest BCUT2D eigenvalue weighted by Gasteiger charge is 2.28.